The maximum absolute atomic E-state index is 12.1. The maximum atomic E-state index is 12.1. The lowest BCUT2D eigenvalue weighted by atomic mass is 10.0. The quantitative estimate of drug-likeness (QED) is 0.851. The summed E-state index contributed by atoms with van der Waals surface area (Å²) in [7, 11) is 0. The third-order valence-electron chi connectivity index (χ3n) is 3.35. The van der Waals surface area contributed by atoms with Gasteiger partial charge in [0.2, 0.25) is 0 Å². The van der Waals surface area contributed by atoms with Crippen LogP contribution in [0.2, 0.25) is 0 Å². The first-order valence-electron chi connectivity index (χ1n) is 6.86. The van der Waals surface area contributed by atoms with Gasteiger partial charge in [0.15, 0.2) is 0 Å². The van der Waals surface area contributed by atoms with E-state index in [1.54, 1.807) is 37.3 Å². The number of aliphatic carboxylic acids is 1. The molecule has 0 fully saturated rings. The first kappa shape index (κ1) is 15.5. The fourth-order valence-electron chi connectivity index (χ4n) is 2.03. The van der Waals surface area contributed by atoms with Crippen LogP contribution in [0.1, 0.15) is 28.4 Å². The number of allylic oxidation sites excluding steroid dienone is 1. The molecule has 0 aliphatic rings. The van der Waals surface area contributed by atoms with Gasteiger partial charge in [-0.3, -0.25) is 4.79 Å². The Kier molecular flexibility index (Phi) is 4.73. The van der Waals surface area contributed by atoms with E-state index in [0.29, 0.717) is 11.1 Å². The van der Waals surface area contributed by atoms with Crippen LogP contribution < -0.4 is 5.32 Å². The van der Waals surface area contributed by atoms with E-state index >= 15 is 0 Å². The van der Waals surface area contributed by atoms with E-state index in [1.807, 2.05) is 31.2 Å². The first-order valence-corrected chi connectivity index (χ1v) is 6.86. The minimum Gasteiger partial charge on any atom is -0.477 e. The first-order chi connectivity index (χ1) is 10.5. The number of hydrogen-bond donors (Lipinski definition) is 2. The van der Waals surface area contributed by atoms with Gasteiger partial charge >= 0.3 is 5.97 Å². The predicted molar refractivity (Wildman–Crippen MR) is 85.3 cm³/mol. The Morgan fingerprint density at radius 1 is 0.909 bits per heavy atom. The Bertz CT molecular complexity index is 716. The molecule has 112 valence electrons. The molecule has 0 aliphatic heterocycles. The van der Waals surface area contributed by atoms with E-state index in [-0.39, 0.29) is 5.70 Å². The maximum Gasteiger partial charge on any atom is 0.352 e. The van der Waals surface area contributed by atoms with Crippen LogP contribution >= 0.6 is 0 Å². The van der Waals surface area contributed by atoms with Crippen molar-refractivity contribution in [3.05, 3.63) is 77.0 Å². The normalized spacial score (nSPS) is 11.5. The summed E-state index contributed by atoms with van der Waals surface area (Å²) in [5.74, 6) is -1.60. The van der Waals surface area contributed by atoms with Crippen LogP contribution in [0, 0.1) is 6.92 Å². The number of carbonyl (C=O) groups excluding carboxylic acids is 1. The standard InChI is InChI=1S/C18H17NO3/c1-12-8-10-14(11-9-12)13(2)16(18(21)22)19-17(20)15-6-4-3-5-7-15/h3-11H,1-2H3,(H,19,20)(H,21,22)/b16-13-. The van der Waals surface area contributed by atoms with Crippen molar-refractivity contribution in [2.24, 2.45) is 0 Å². The fourth-order valence-corrected chi connectivity index (χ4v) is 2.03. The molecule has 2 aromatic rings. The van der Waals surface area contributed by atoms with E-state index in [0.717, 1.165) is 11.1 Å². The summed E-state index contributed by atoms with van der Waals surface area (Å²) in [5.41, 5.74) is 2.66. The van der Waals surface area contributed by atoms with Crippen LogP contribution in [0.25, 0.3) is 5.57 Å². The van der Waals surface area contributed by atoms with Crippen LogP contribution in [0.4, 0.5) is 0 Å². The van der Waals surface area contributed by atoms with Crippen molar-refractivity contribution in [2.45, 2.75) is 13.8 Å². The molecule has 4 heteroatoms. The highest BCUT2D eigenvalue weighted by molar-refractivity contribution is 6.04. The van der Waals surface area contributed by atoms with Crippen molar-refractivity contribution < 1.29 is 14.7 Å². The summed E-state index contributed by atoms with van der Waals surface area (Å²) in [6.45, 7) is 3.64. The fraction of sp³-hybridized carbons (Fsp3) is 0.111. The van der Waals surface area contributed by atoms with Crippen molar-refractivity contribution in [3.63, 3.8) is 0 Å². The number of amides is 1. The van der Waals surface area contributed by atoms with Crippen LogP contribution in [0.3, 0.4) is 0 Å². The molecule has 0 radical (unpaired) electrons. The average Bonchev–Trinajstić information content (AvgIpc) is 2.53. The van der Waals surface area contributed by atoms with Gasteiger partial charge in [-0.1, -0.05) is 48.0 Å². The third-order valence-corrected chi connectivity index (χ3v) is 3.35. The number of carbonyl (C=O) groups is 2. The molecule has 0 heterocycles. The predicted octanol–water partition coefficient (Wildman–Crippen LogP) is 3.24. The summed E-state index contributed by atoms with van der Waals surface area (Å²) >= 11 is 0. The van der Waals surface area contributed by atoms with Crippen molar-refractivity contribution in [3.8, 4) is 0 Å². The molecule has 2 rings (SSSR count). The van der Waals surface area contributed by atoms with Gasteiger partial charge in [-0.25, -0.2) is 4.79 Å². The second kappa shape index (κ2) is 6.72. The zero-order chi connectivity index (χ0) is 16.1. The highest BCUT2D eigenvalue weighted by Gasteiger charge is 2.16. The molecular weight excluding hydrogens is 278 g/mol. The van der Waals surface area contributed by atoms with Crippen molar-refractivity contribution >= 4 is 17.4 Å². The van der Waals surface area contributed by atoms with Crippen molar-refractivity contribution in [1.82, 2.24) is 5.32 Å². The van der Waals surface area contributed by atoms with Crippen molar-refractivity contribution in [1.29, 1.82) is 0 Å². The van der Waals surface area contributed by atoms with E-state index in [4.69, 9.17) is 0 Å². The molecule has 2 N–H and O–H groups in total. The van der Waals surface area contributed by atoms with Gasteiger partial charge in [-0.05, 0) is 37.1 Å². The minimum absolute atomic E-state index is 0.113. The molecule has 0 saturated heterocycles. The van der Waals surface area contributed by atoms with E-state index in [1.165, 1.54) is 0 Å². The Morgan fingerprint density at radius 3 is 2.05 bits per heavy atom. The number of nitrogens with one attached hydrogen (secondary N) is 1. The van der Waals surface area contributed by atoms with Gasteiger partial charge in [0.1, 0.15) is 5.70 Å². The van der Waals surface area contributed by atoms with Gasteiger partial charge < -0.3 is 10.4 Å². The lowest BCUT2D eigenvalue weighted by Gasteiger charge is -2.11. The lowest BCUT2D eigenvalue weighted by molar-refractivity contribution is -0.132. The zero-order valence-electron chi connectivity index (χ0n) is 12.5. The molecule has 0 atom stereocenters. The smallest absolute Gasteiger partial charge is 0.352 e. The van der Waals surface area contributed by atoms with Crippen molar-refractivity contribution in [2.75, 3.05) is 0 Å². The van der Waals surface area contributed by atoms with E-state index in [2.05, 4.69) is 5.32 Å². The van der Waals surface area contributed by atoms with Crippen LogP contribution in [-0.2, 0) is 4.79 Å². The summed E-state index contributed by atoms with van der Waals surface area (Å²) in [6.07, 6.45) is 0. The van der Waals surface area contributed by atoms with Gasteiger partial charge in [-0.15, -0.1) is 0 Å². The highest BCUT2D eigenvalue weighted by Crippen LogP contribution is 2.18. The summed E-state index contributed by atoms with van der Waals surface area (Å²) in [6, 6.07) is 16.0. The summed E-state index contributed by atoms with van der Waals surface area (Å²) in [5, 5.41) is 11.9. The van der Waals surface area contributed by atoms with E-state index in [9.17, 15) is 14.7 Å². The Labute approximate surface area is 129 Å². The molecular formula is C18H17NO3. The molecule has 0 aromatic heterocycles. The molecule has 1 amide bonds. The molecule has 2 aromatic carbocycles. The van der Waals surface area contributed by atoms with Crippen LogP contribution in [-0.4, -0.2) is 17.0 Å². The summed E-state index contributed by atoms with van der Waals surface area (Å²) < 4.78 is 0. The van der Waals surface area contributed by atoms with Crippen LogP contribution in [0.15, 0.2) is 60.3 Å². The number of aryl methyl sites for hydroxylation is 1. The molecule has 0 unspecified atom stereocenters. The summed E-state index contributed by atoms with van der Waals surface area (Å²) in [4.78, 5) is 23.6. The number of carboxylic acid groups (broad SMARTS) is 1. The second-order valence-corrected chi connectivity index (χ2v) is 4.99. The number of carboxylic acids is 1. The average molecular weight is 295 g/mol. The number of rotatable bonds is 4. The zero-order valence-corrected chi connectivity index (χ0v) is 12.5. The van der Waals surface area contributed by atoms with Gasteiger partial charge in [0.25, 0.3) is 5.91 Å². The molecule has 22 heavy (non-hydrogen) atoms. The minimum atomic E-state index is -1.16. The monoisotopic (exact) mass is 295 g/mol. The third kappa shape index (κ3) is 3.61. The largest absolute Gasteiger partial charge is 0.477 e. The lowest BCUT2D eigenvalue weighted by Crippen LogP contribution is -2.28. The molecule has 0 saturated carbocycles. The van der Waals surface area contributed by atoms with Crippen LogP contribution in [0.5, 0.6) is 0 Å². The Hall–Kier alpha value is -2.88. The molecule has 4 nitrogen and oxygen atoms in total. The Morgan fingerprint density at radius 2 is 1.50 bits per heavy atom. The second-order valence-electron chi connectivity index (χ2n) is 4.99. The SMILES string of the molecule is C/C(=C(/NC(=O)c1ccccc1)C(=O)O)c1ccc(C)cc1. The molecule has 0 spiro atoms. The molecule has 0 aliphatic carbocycles. The van der Waals surface area contributed by atoms with Gasteiger partial charge in [-0.2, -0.15) is 0 Å². The molecule has 0 bridgehead atoms. The van der Waals surface area contributed by atoms with E-state index < -0.39 is 11.9 Å². The van der Waals surface area contributed by atoms with Gasteiger partial charge in [0.05, 0.1) is 0 Å². The van der Waals surface area contributed by atoms with Gasteiger partial charge in [0, 0.05) is 5.56 Å². The highest BCUT2D eigenvalue weighted by atomic mass is 16.4. The number of benzene rings is 2. The Balaban J connectivity index is 2.33. The number of hydrogen-bond acceptors (Lipinski definition) is 2. The topological polar surface area (TPSA) is 66.4 Å².